The Bertz CT molecular complexity index is 577. The summed E-state index contributed by atoms with van der Waals surface area (Å²) < 4.78 is 1.54. The molecule has 0 amide bonds. The number of aromatic nitrogens is 4. The fraction of sp³-hybridized carbons (Fsp3) is 0.455. The molecule has 96 valence electrons. The Morgan fingerprint density at radius 3 is 3.06 bits per heavy atom. The molecule has 0 aliphatic carbocycles. The predicted molar refractivity (Wildman–Crippen MR) is 71.0 cm³/mol. The summed E-state index contributed by atoms with van der Waals surface area (Å²) in [6.07, 6.45) is 4.37. The van der Waals surface area contributed by atoms with Crippen molar-refractivity contribution in [2.45, 2.75) is 26.8 Å². The minimum Gasteiger partial charge on any atom is -0.360 e. The molecule has 18 heavy (non-hydrogen) atoms. The lowest BCUT2D eigenvalue weighted by Gasteiger charge is -2.01. The van der Waals surface area contributed by atoms with E-state index < -0.39 is 0 Å². The minimum absolute atomic E-state index is 0.265. The summed E-state index contributed by atoms with van der Waals surface area (Å²) in [5.41, 5.74) is 0.683. The van der Waals surface area contributed by atoms with Gasteiger partial charge in [-0.3, -0.25) is 4.57 Å². The molecule has 2 heterocycles. The second-order valence-corrected chi connectivity index (χ2v) is 5.03. The first kappa shape index (κ1) is 12.7. The quantitative estimate of drug-likeness (QED) is 0.881. The molecule has 1 N–H and O–H groups in total. The fourth-order valence-corrected chi connectivity index (χ4v) is 2.21. The normalized spacial score (nSPS) is 10.6. The number of nitrogens with zero attached hydrogens (tertiary/aromatic N) is 4. The van der Waals surface area contributed by atoms with Gasteiger partial charge < -0.3 is 5.32 Å². The van der Waals surface area contributed by atoms with Crippen molar-refractivity contribution in [1.82, 2.24) is 19.7 Å². The van der Waals surface area contributed by atoms with Crippen molar-refractivity contribution in [1.29, 1.82) is 0 Å². The molecule has 0 fully saturated rings. The first-order valence-electron chi connectivity index (χ1n) is 5.78. The van der Waals surface area contributed by atoms with E-state index in [4.69, 9.17) is 0 Å². The van der Waals surface area contributed by atoms with Crippen LogP contribution in [-0.4, -0.2) is 26.3 Å². The molecule has 0 unspecified atom stereocenters. The van der Waals surface area contributed by atoms with Crippen LogP contribution in [0, 0.1) is 6.92 Å². The lowest BCUT2D eigenvalue weighted by Crippen LogP contribution is -2.22. The average Bonchev–Trinajstić information content (AvgIpc) is 2.79. The van der Waals surface area contributed by atoms with E-state index in [1.54, 1.807) is 17.0 Å². The molecule has 0 spiro atoms. The second-order valence-electron chi connectivity index (χ2n) is 3.97. The Kier molecular flexibility index (Phi) is 4.03. The third kappa shape index (κ3) is 3.13. The Balaban J connectivity index is 2.11. The van der Waals surface area contributed by atoms with Gasteiger partial charge in [0.1, 0.15) is 5.01 Å². The maximum atomic E-state index is 11.5. The van der Waals surface area contributed by atoms with E-state index in [0.29, 0.717) is 6.54 Å². The largest absolute Gasteiger partial charge is 0.360 e. The van der Waals surface area contributed by atoms with Crippen LogP contribution in [0.25, 0.3) is 0 Å². The third-order valence-electron chi connectivity index (χ3n) is 2.28. The molecule has 0 saturated carbocycles. The molecule has 0 aromatic carbocycles. The van der Waals surface area contributed by atoms with Gasteiger partial charge in [0.2, 0.25) is 5.13 Å². The zero-order valence-corrected chi connectivity index (χ0v) is 11.2. The van der Waals surface area contributed by atoms with Gasteiger partial charge in [0.15, 0.2) is 0 Å². The topological polar surface area (TPSA) is 72.7 Å². The van der Waals surface area contributed by atoms with Crippen LogP contribution in [0.15, 0.2) is 17.2 Å². The van der Waals surface area contributed by atoms with Gasteiger partial charge in [-0.25, -0.2) is 9.78 Å². The highest BCUT2D eigenvalue weighted by Gasteiger charge is 2.05. The van der Waals surface area contributed by atoms with Crippen LogP contribution in [-0.2, 0) is 6.54 Å². The Hall–Kier alpha value is -1.76. The van der Waals surface area contributed by atoms with Crippen LogP contribution >= 0.6 is 11.3 Å². The number of hydrogen-bond acceptors (Lipinski definition) is 6. The van der Waals surface area contributed by atoms with E-state index in [1.807, 2.05) is 6.92 Å². The Morgan fingerprint density at radius 2 is 2.28 bits per heavy atom. The molecule has 0 aliphatic heterocycles. The number of hydrogen-bond donors (Lipinski definition) is 1. The first-order valence-corrected chi connectivity index (χ1v) is 6.60. The summed E-state index contributed by atoms with van der Waals surface area (Å²) >= 11 is 1.46. The van der Waals surface area contributed by atoms with E-state index >= 15 is 0 Å². The van der Waals surface area contributed by atoms with Gasteiger partial charge >= 0.3 is 5.69 Å². The highest BCUT2D eigenvalue weighted by Crippen LogP contribution is 2.15. The zero-order chi connectivity index (χ0) is 13.0. The standard InChI is InChI=1S/C11H15N5OS/c1-3-4-12-10-15-14-9(18-10)7-16-6-8(2)5-13-11(16)17/h5-6H,3-4,7H2,1-2H3,(H,12,15). The minimum atomic E-state index is -0.265. The maximum absolute atomic E-state index is 11.5. The summed E-state index contributed by atoms with van der Waals surface area (Å²) in [5.74, 6) is 0. The smallest absolute Gasteiger partial charge is 0.347 e. The van der Waals surface area contributed by atoms with Crippen molar-refractivity contribution in [2.75, 3.05) is 11.9 Å². The SMILES string of the molecule is CCCNc1nnc(Cn2cc(C)cnc2=O)s1. The van der Waals surface area contributed by atoms with Crippen molar-refractivity contribution < 1.29 is 0 Å². The molecule has 0 saturated heterocycles. The Morgan fingerprint density at radius 1 is 1.44 bits per heavy atom. The molecule has 2 aromatic rings. The Labute approximate surface area is 109 Å². The van der Waals surface area contributed by atoms with Gasteiger partial charge in [-0.05, 0) is 18.9 Å². The number of anilines is 1. The van der Waals surface area contributed by atoms with Crippen LogP contribution in [0.3, 0.4) is 0 Å². The predicted octanol–water partition coefficient (Wildman–Crippen LogP) is 1.27. The molecule has 2 rings (SSSR count). The molecule has 0 bridgehead atoms. The lowest BCUT2D eigenvalue weighted by atomic mass is 10.4. The number of rotatable bonds is 5. The summed E-state index contributed by atoms with van der Waals surface area (Å²) in [6, 6.07) is 0. The molecule has 2 aromatic heterocycles. The molecular formula is C11H15N5OS. The van der Waals surface area contributed by atoms with E-state index in [-0.39, 0.29) is 5.69 Å². The van der Waals surface area contributed by atoms with Gasteiger partial charge in [0, 0.05) is 18.9 Å². The highest BCUT2D eigenvalue weighted by molar-refractivity contribution is 7.15. The van der Waals surface area contributed by atoms with Crippen LogP contribution in [0.4, 0.5) is 5.13 Å². The summed E-state index contributed by atoms with van der Waals surface area (Å²) in [7, 11) is 0. The summed E-state index contributed by atoms with van der Waals surface area (Å²) in [6.45, 7) is 5.28. The van der Waals surface area contributed by atoms with E-state index in [0.717, 1.165) is 28.7 Å². The second kappa shape index (κ2) is 5.72. The first-order chi connectivity index (χ1) is 8.69. The van der Waals surface area contributed by atoms with Gasteiger partial charge in [-0.15, -0.1) is 10.2 Å². The highest BCUT2D eigenvalue weighted by atomic mass is 32.1. The number of nitrogens with one attached hydrogen (secondary N) is 1. The van der Waals surface area contributed by atoms with Crippen LogP contribution < -0.4 is 11.0 Å². The van der Waals surface area contributed by atoms with Gasteiger partial charge in [0.05, 0.1) is 6.54 Å². The van der Waals surface area contributed by atoms with Crippen molar-refractivity contribution in [3.8, 4) is 0 Å². The molecule has 0 atom stereocenters. The van der Waals surface area contributed by atoms with Crippen molar-refractivity contribution in [3.63, 3.8) is 0 Å². The average molecular weight is 265 g/mol. The van der Waals surface area contributed by atoms with E-state index in [1.165, 1.54) is 11.3 Å². The summed E-state index contributed by atoms with van der Waals surface area (Å²) in [4.78, 5) is 15.3. The van der Waals surface area contributed by atoms with Crippen molar-refractivity contribution in [3.05, 3.63) is 33.4 Å². The monoisotopic (exact) mass is 265 g/mol. The van der Waals surface area contributed by atoms with E-state index in [2.05, 4.69) is 27.4 Å². The van der Waals surface area contributed by atoms with Gasteiger partial charge in [0.25, 0.3) is 0 Å². The van der Waals surface area contributed by atoms with E-state index in [9.17, 15) is 4.79 Å². The third-order valence-corrected chi connectivity index (χ3v) is 3.15. The van der Waals surface area contributed by atoms with Crippen LogP contribution in [0.1, 0.15) is 23.9 Å². The lowest BCUT2D eigenvalue weighted by molar-refractivity contribution is 0.710. The van der Waals surface area contributed by atoms with Crippen LogP contribution in [0.2, 0.25) is 0 Å². The fourth-order valence-electron chi connectivity index (χ4n) is 1.45. The maximum Gasteiger partial charge on any atom is 0.347 e. The molecule has 6 nitrogen and oxygen atoms in total. The van der Waals surface area contributed by atoms with Crippen molar-refractivity contribution >= 4 is 16.5 Å². The molecule has 7 heteroatoms. The zero-order valence-electron chi connectivity index (χ0n) is 10.4. The molecule has 0 aliphatic rings. The van der Waals surface area contributed by atoms with Gasteiger partial charge in [-0.1, -0.05) is 18.3 Å². The molecule has 0 radical (unpaired) electrons. The van der Waals surface area contributed by atoms with Crippen LogP contribution in [0.5, 0.6) is 0 Å². The van der Waals surface area contributed by atoms with Crippen molar-refractivity contribution in [2.24, 2.45) is 0 Å². The summed E-state index contributed by atoms with van der Waals surface area (Å²) in [5, 5.41) is 12.8. The van der Waals surface area contributed by atoms with Gasteiger partial charge in [-0.2, -0.15) is 0 Å². The molecular weight excluding hydrogens is 250 g/mol. The number of aryl methyl sites for hydroxylation is 1.